The standard InChI is InChI=1S/C16H25BrO.C9H19BrO.2CH4.Na.H/c17-13-9-4-2-1-3-5-10-14-18-15-16-11-7-6-8-12-16;10-8-6-4-2-1-3-5-7-9-11;;;;/h6-8,11-12H,1-5,9-10,13-15H2;11H,1-9H2;2*1H4;;/q;;;;+1;-1. The Morgan fingerprint density at radius 1 is 0.625 bits per heavy atom. The van der Waals surface area contributed by atoms with Gasteiger partial charge in [0.2, 0.25) is 0 Å². The van der Waals surface area contributed by atoms with Gasteiger partial charge in [0.1, 0.15) is 0 Å². The fourth-order valence-corrected chi connectivity index (χ4v) is 3.83. The van der Waals surface area contributed by atoms with Gasteiger partial charge in [0.25, 0.3) is 0 Å². The predicted molar refractivity (Wildman–Crippen MR) is 150 cm³/mol. The molecule has 0 saturated heterocycles. The van der Waals surface area contributed by atoms with Crippen molar-refractivity contribution in [2.45, 2.75) is 111 Å². The van der Waals surface area contributed by atoms with Crippen LogP contribution in [0.2, 0.25) is 0 Å². The summed E-state index contributed by atoms with van der Waals surface area (Å²) in [7, 11) is 0. The van der Waals surface area contributed by atoms with Crippen molar-refractivity contribution >= 4 is 31.9 Å². The van der Waals surface area contributed by atoms with E-state index in [2.05, 4.69) is 56.1 Å². The van der Waals surface area contributed by atoms with Crippen molar-refractivity contribution in [3.63, 3.8) is 0 Å². The normalized spacial score (nSPS) is 9.59. The van der Waals surface area contributed by atoms with Gasteiger partial charge in [-0.3, -0.25) is 0 Å². The fraction of sp³-hybridized carbons (Fsp3) is 0.778. The van der Waals surface area contributed by atoms with E-state index in [0.29, 0.717) is 6.61 Å². The first-order valence-electron chi connectivity index (χ1n) is 11.7. The number of aliphatic hydroxyl groups is 1. The summed E-state index contributed by atoms with van der Waals surface area (Å²) >= 11 is 6.87. The van der Waals surface area contributed by atoms with Crippen LogP contribution in [0.15, 0.2) is 30.3 Å². The van der Waals surface area contributed by atoms with Crippen molar-refractivity contribution in [3.8, 4) is 0 Å². The third kappa shape index (κ3) is 33.3. The summed E-state index contributed by atoms with van der Waals surface area (Å²) in [5.41, 5.74) is 1.27. The van der Waals surface area contributed by atoms with Crippen molar-refractivity contribution < 1.29 is 40.8 Å². The average molecular weight is 593 g/mol. The maximum Gasteiger partial charge on any atom is 1.00 e. The quantitative estimate of drug-likeness (QED) is 0.109. The molecule has 0 aliphatic heterocycles. The van der Waals surface area contributed by atoms with Crippen molar-refractivity contribution in [2.24, 2.45) is 0 Å². The molecule has 1 aromatic rings. The molecule has 5 heteroatoms. The van der Waals surface area contributed by atoms with Crippen molar-refractivity contribution in [1.29, 1.82) is 0 Å². The molecular formula is C27H53Br2NaO2. The third-order valence-electron chi connectivity index (χ3n) is 4.83. The molecule has 2 nitrogen and oxygen atoms in total. The minimum atomic E-state index is 0. The Morgan fingerprint density at radius 3 is 1.47 bits per heavy atom. The first-order valence-corrected chi connectivity index (χ1v) is 13.9. The molecule has 0 saturated carbocycles. The topological polar surface area (TPSA) is 29.5 Å². The molecule has 1 rings (SSSR count). The predicted octanol–water partition coefficient (Wildman–Crippen LogP) is 6.82. The van der Waals surface area contributed by atoms with Gasteiger partial charge in [-0.1, -0.05) is 141 Å². The van der Waals surface area contributed by atoms with Gasteiger partial charge in [-0.2, -0.15) is 0 Å². The second-order valence-electron chi connectivity index (χ2n) is 7.59. The summed E-state index contributed by atoms with van der Waals surface area (Å²) < 4.78 is 5.66. The van der Waals surface area contributed by atoms with Gasteiger partial charge in [0, 0.05) is 23.9 Å². The molecule has 0 unspecified atom stereocenters. The molecule has 32 heavy (non-hydrogen) atoms. The van der Waals surface area contributed by atoms with E-state index in [1.807, 2.05) is 6.07 Å². The van der Waals surface area contributed by atoms with Gasteiger partial charge >= 0.3 is 29.6 Å². The molecule has 0 aromatic heterocycles. The van der Waals surface area contributed by atoms with Crippen LogP contribution in [0.25, 0.3) is 0 Å². The Labute approximate surface area is 242 Å². The molecular weight excluding hydrogens is 539 g/mol. The molecule has 1 N–H and O–H groups in total. The summed E-state index contributed by atoms with van der Waals surface area (Å²) in [5, 5.41) is 10.8. The third-order valence-corrected chi connectivity index (χ3v) is 5.95. The zero-order valence-corrected chi connectivity index (χ0v) is 24.6. The Hall–Kier alpha value is 1.10. The van der Waals surface area contributed by atoms with Crippen LogP contribution in [0.3, 0.4) is 0 Å². The van der Waals surface area contributed by atoms with Crippen LogP contribution < -0.4 is 29.6 Å². The van der Waals surface area contributed by atoms with E-state index in [4.69, 9.17) is 9.84 Å². The van der Waals surface area contributed by atoms with Gasteiger partial charge < -0.3 is 11.3 Å². The van der Waals surface area contributed by atoms with Crippen LogP contribution in [0.5, 0.6) is 0 Å². The molecule has 0 heterocycles. The van der Waals surface area contributed by atoms with Crippen LogP contribution in [0, 0.1) is 0 Å². The number of hydrogen-bond acceptors (Lipinski definition) is 2. The molecule has 1 aromatic carbocycles. The van der Waals surface area contributed by atoms with Gasteiger partial charge in [0.05, 0.1) is 6.61 Å². The summed E-state index contributed by atoms with van der Waals surface area (Å²) in [5.74, 6) is 0. The largest absolute Gasteiger partial charge is 1.00 e. The minimum absolute atomic E-state index is 0. The molecule has 0 fully saturated rings. The van der Waals surface area contributed by atoms with E-state index in [-0.39, 0.29) is 45.8 Å². The number of rotatable bonds is 19. The summed E-state index contributed by atoms with van der Waals surface area (Å²) in [4.78, 5) is 0. The monoisotopic (exact) mass is 590 g/mol. The van der Waals surface area contributed by atoms with E-state index >= 15 is 0 Å². The number of alkyl halides is 2. The number of unbranched alkanes of at least 4 members (excludes halogenated alkanes) is 12. The first kappa shape index (κ1) is 40.3. The fourth-order valence-electron chi connectivity index (χ4n) is 3.04. The number of benzene rings is 1. The van der Waals surface area contributed by atoms with Crippen LogP contribution in [-0.2, 0) is 11.3 Å². The Balaban J connectivity index is -0.000000154. The van der Waals surface area contributed by atoms with Gasteiger partial charge in [-0.05, 0) is 31.2 Å². The Kier molecular flexibility index (Phi) is 46.1. The van der Waals surface area contributed by atoms with E-state index in [0.717, 1.165) is 30.3 Å². The minimum Gasteiger partial charge on any atom is -1.00 e. The van der Waals surface area contributed by atoms with E-state index in [9.17, 15) is 0 Å². The zero-order valence-electron chi connectivity index (χ0n) is 20.4. The molecule has 0 aliphatic rings. The Morgan fingerprint density at radius 2 is 1.03 bits per heavy atom. The zero-order chi connectivity index (χ0) is 21.3. The molecule has 0 radical (unpaired) electrons. The average Bonchev–Trinajstić information content (AvgIpc) is 2.76. The van der Waals surface area contributed by atoms with E-state index in [1.54, 1.807) is 0 Å². The van der Waals surface area contributed by atoms with Crippen LogP contribution >= 0.6 is 31.9 Å². The van der Waals surface area contributed by atoms with E-state index in [1.165, 1.54) is 89.0 Å². The number of halogens is 2. The summed E-state index contributed by atoms with van der Waals surface area (Å²) in [6.07, 6.45) is 18.2. The van der Waals surface area contributed by atoms with Gasteiger partial charge in [-0.15, -0.1) is 0 Å². The molecule has 0 spiro atoms. The van der Waals surface area contributed by atoms with Crippen LogP contribution in [-0.4, -0.2) is 29.0 Å². The summed E-state index contributed by atoms with van der Waals surface area (Å²) in [6.45, 7) is 2.02. The maximum atomic E-state index is 8.50. The first-order chi connectivity index (χ1) is 14.3. The van der Waals surface area contributed by atoms with E-state index < -0.39 is 0 Å². The SMILES string of the molecule is BrCCCCCCCCCOCc1ccccc1.C.C.OCCCCCCCCCBr.[H-].[Na+]. The van der Waals surface area contributed by atoms with Gasteiger partial charge in [-0.25, -0.2) is 0 Å². The van der Waals surface area contributed by atoms with Crippen LogP contribution in [0.1, 0.15) is 112 Å². The summed E-state index contributed by atoms with van der Waals surface area (Å²) in [6, 6.07) is 10.4. The molecule has 0 bridgehead atoms. The van der Waals surface area contributed by atoms with Crippen molar-refractivity contribution in [2.75, 3.05) is 23.9 Å². The molecule has 0 amide bonds. The molecule has 0 aliphatic carbocycles. The van der Waals surface area contributed by atoms with Crippen molar-refractivity contribution in [3.05, 3.63) is 35.9 Å². The second kappa shape index (κ2) is 36.7. The Bertz CT molecular complexity index is 406. The smallest absolute Gasteiger partial charge is 1.00 e. The number of ether oxygens (including phenoxy) is 1. The number of aliphatic hydroxyl groups excluding tert-OH is 1. The van der Waals surface area contributed by atoms with Gasteiger partial charge in [0.15, 0.2) is 0 Å². The maximum absolute atomic E-state index is 8.50. The molecule has 188 valence electrons. The van der Waals surface area contributed by atoms with Crippen molar-refractivity contribution in [1.82, 2.24) is 0 Å². The second-order valence-corrected chi connectivity index (χ2v) is 9.18. The molecule has 0 atom stereocenters. The number of hydrogen-bond donors (Lipinski definition) is 1. The van der Waals surface area contributed by atoms with Crippen LogP contribution in [0.4, 0.5) is 0 Å².